The fourth-order valence-electron chi connectivity index (χ4n) is 4.07. The zero-order valence-electron chi connectivity index (χ0n) is 16.8. The van der Waals surface area contributed by atoms with E-state index in [9.17, 15) is 19.7 Å². The van der Waals surface area contributed by atoms with Crippen molar-refractivity contribution in [3.05, 3.63) is 33.9 Å². The van der Waals surface area contributed by atoms with Crippen molar-refractivity contribution >= 4 is 23.3 Å². The van der Waals surface area contributed by atoms with Crippen molar-refractivity contribution in [2.24, 2.45) is 0 Å². The predicted molar refractivity (Wildman–Crippen MR) is 106 cm³/mol. The van der Waals surface area contributed by atoms with E-state index in [0.717, 1.165) is 19.3 Å². The molecule has 1 aromatic rings. The highest BCUT2D eigenvalue weighted by Gasteiger charge is 2.30. The number of amides is 1. The first kappa shape index (κ1) is 21.0. The first-order chi connectivity index (χ1) is 13.9. The number of morpholine rings is 1. The second-order valence-electron chi connectivity index (χ2n) is 7.56. The standard InChI is InChI=1S/C20H27N3O6/c1-14-4-3-5-15(2)22(14)19(24)13-29-20(25)17-12-16(23(26)27)6-7-18(17)21-8-10-28-11-9-21/h6-7,12,14-15H,3-5,8-11,13H2,1-2H3/t14-,15-/m0/s1. The van der Waals surface area contributed by atoms with Crippen LogP contribution in [0.5, 0.6) is 0 Å². The second kappa shape index (κ2) is 9.21. The summed E-state index contributed by atoms with van der Waals surface area (Å²) in [4.78, 5) is 39.7. The fraction of sp³-hybridized carbons (Fsp3) is 0.600. The number of nitro groups is 1. The Morgan fingerprint density at radius 2 is 1.86 bits per heavy atom. The summed E-state index contributed by atoms with van der Waals surface area (Å²) in [6.45, 7) is 5.76. The van der Waals surface area contributed by atoms with Crippen molar-refractivity contribution in [2.75, 3.05) is 37.8 Å². The van der Waals surface area contributed by atoms with Crippen molar-refractivity contribution < 1.29 is 24.0 Å². The Morgan fingerprint density at radius 3 is 2.48 bits per heavy atom. The van der Waals surface area contributed by atoms with E-state index in [-0.39, 0.29) is 35.8 Å². The number of hydrogen-bond acceptors (Lipinski definition) is 7. The lowest BCUT2D eigenvalue weighted by Crippen LogP contribution is -2.49. The summed E-state index contributed by atoms with van der Waals surface area (Å²) < 4.78 is 10.6. The van der Waals surface area contributed by atoms with Crippen molar-refractivity contribution in [2.45, 2.75) is 45.2 Å². The van der Waals surface area contributed by atoms with Gasteiger partial charge in [-0.15, -0.1) is 0 Å². The van der Waals surface area contributed by atoms with E-state index in [1.165, 1.54) is 12.1 Å². The van der Waals surface area contributed by atoms with Gasteiger partial charge in [0.15, 0.2) is 6.61 Å². The van der Waals surface area contributed by atoms with E-state index >= 15 is 0 Å². The molecule has 158 valence electrons. The summed E-state index contributed by atoms with van der Waals surface area (Å²) in [5.74, 6) is -0.975. The molecule has 0 unspecified atom stereocenters. The van der Waals surface area contributed by atoms with Crippen molar-refractivity contribution in [3.8, 4) is 0 Å². The van der Waals surface area contributed by atoms with Crippen molar-refractivity contribution in [1.29, 1.82) is 0 Å². The van der Waals surface area contributed by atoms with E-state index < -0.39 is 10.9 Å². The highest BCUT2D eigenvalue weighted by Crippen LogP contribution is 2.27. The van der Waals surface area contributed by atoms with Crippen LogP contribution in [0.3, 0.4) is 0 Å². The molecule has 0 radical (unpaired) electrons. The van der Waals surface area contributed by atoms with Gasteiger partial charge in [0, 0.05) is 37.3 Å². The number of nitrogens with zero attached hydrogens (tertiary/aromatic N) is 3. The number of ether oxygens (including phenoxy) is 2. The molecule has 29 heavy (non-hydrogen) atoms. The third-order valence-corrected chi connectivity index (χ3v) is 5.57. The van der Waals surface area contributed by atoms with Crippen LogP contribution >= 0.6 is 0 Å². The number of nitro benzene ring substituents is 1. The van der Waals surface area contributed by atoms with E-state index in [1.54, 1.807) is 11.0 Å². The first-order valence-electron chi connectivity index (χ1n) is 9.98. The molecule has 0 aromatic heterocycles. The molecule has 2 heterocycles. The van der Waals surface area contributed by atoms with Crippen LogP contribution in [0.25, 0.3) is 0 Å². The van der Waals surface area contributed by atoms with E-state index in [2.05, 4.69) is 0 Å². The summed E-state index contributed by atoms with van der Waals surface area (Å²) in [6, 6.07) is 4.34. The lowest BCUT2D eigenvalue weighted by Gasteiger charge is -2.38. The number of hydrogen-bond donors (Lipinski definition) is 0. The van der Waals surface area contributed by atoms with Gasteiger partial charge < -0.3 is 19.3 Å². The topological polar surface area (TPSA) is 102 Å². The van der Waals surface area contributed by atoms with Crippen LogP contribution in [0.4, 0.5) is 11.4 Å². The first-order valence-corrected chi connectivity index (χ1v) is 9.98. The predicted octanol–water partition coefficient (Wildman–Crippen LogP) is 2.38. The van der Waals surface area contributed by atoms with E-state index in [1.807, 2.05) is 18.7 Å². The average molecular weight is 405 g/mol. The minimum Gasteiger partial charge on any atom is -0.452 e. The molecule has 2 saturated heterocycles. The lowest BCUT2D eigenvalue weighted by atomic mass is 9.97. The summed E-state index contributed by atoms with van der Waals surface area (Å²) in [6.07, 6.45) is 2.93. The minimum absolute atomic E-state index is 0.0913. The number of non-ortho nitro benzene ring substituents is 1. The molecular formula is C20H27N3O6. The molecule has 1 aromatic carbocycles. The fourth-order valence-corrected chi connectivity index (χ4v) is 4.07. The molecule has 2 aliphatic rings. The molecule has 0 aliphatic carbocycles. The number of carbonyl (C=O) groups excluding carboxylic acids is 2. The number of carbonyl (C=O) groups is 2. The zero-order chi connectivity index (χ0) is 21.0. The average Bonchev–Trinajstić information content (AvgIpc) is 2.72. The van der Waals surface area contributed by atoms with Crippen LogP contribution < -0.4 is 4.90 Å². The normalized spacial score (nSPS) is 22.3. The molecule has 2 atom stereocenters. The van der Waals surface area contributed by atoms with Crippen LogP contribution in [0, 0.1) is 10.1 Å². The van der Waals surface area contributed by atoms with Crippen molar-refractivity contribution in [3.63, 3.8) is 0 Å². The largest absolute Gasteiger partial charge is 0.452 e. The smallest absolute Gasteiger partial charge is 0.341 e. The summed E-state index contributed by atoms with van der Waals surface area (Å²) in [5.41, 5.74) is 0.447. The van der Waals surface area contributed by atoms with Gasteiger partial charge in [-0.1, -0.05) is 0 Å². The molecule has 3 rings (SSSR count). The number of anilines is 1. The third kappa shape index (κ3) is 4.84. The summed E-state index contributed by atoms with van der Waals surface area (Å²) in [7, 11) is 0. The third-order valence-electron chi connectivity index (χ3n) is 5.57. The van der Waals surface area contributed by atoms with Crippen LogP contribution in [-0.2, 0) is 14.3 Å². The molecule has 0 N–H and O–H groups in total. The number of likely N-dealkylation sites (tertiary alicyclic amines) is 1. The van der Waals surface area contributed by atoms with Gasteiger partial charge in [0.25, 0.3) is 11.6 Å². The molecule has 2 fully saturated rings. The Morgan fingerprint density at radius 1 is 1.21 bits per heavy atom. The molecule has 0 bridgehead atoms. The Balaban J connectivity index is 1.75. The maximum absolute atomic E-state index is 12.8. The number of esters is 1. The Kier molecular flexibility index (Phi) is 6.68. The van der Waals surface area contributed by atoms with Gasteiger partial charge in [-0.2, -0.15) is 0 Å². The maximum Gasteiger partial charge on any atom is 0.341 e. The number of rotatable bonds is 5. The molecule has 9 heteroatoms. The monoisotopic (exact) mass is 405 g/mol. The van der Waals surface area contributed by atoms with Crippen LogP contribution in [0.1, 0.15) is 43.5 Å². The van der Waals surface area contributed by atoms with Gasteiger partial charge in [-0.3, -0.25) is 14.9 Å². The van der Waals surface area contributed by atoms with Crippen LogP contribution in [0.15, 0.2) is 18.2 Å². The highest BCUT2D eigenvalue weighted by molar-refractivity contribution is 5.97. The number of piperidine rings is 1. The van der Waals surface area contributed by atoms with Crippen LogP contribution in [-0.4, -0.2) is 66.7 Å². The Labute approximate surface area is 169 Å². The Bertz CT molecular complexity index is 767. The molecule has 9 nitrogen and oxygen atoms in total. The molecule has 0 saturated carbocycles. The van der Waals surface area contributed by atoms with E-state index in [0.29, 0.717) is 32.0 Å². The quantitative estimate of drug-likeness (QED) is 0.421. The van der Waals surface area contributed by atoms with Gasteiger partial charge in [0.2, 0.25) is 0 Å². The van der Waals surface area contributed by atoms with Gasteiger partial charge in [-0.25, -0.2) is 4.79 Å². The molecule has 1 amide bonds. The highest BCUT2D eigenvalue weighted by atomic mass is 16.6. The summed E-state index contributed by atoms with van der Waals surface area (Å²) >= 11 is 0. The zero-order valence-corrected chi connectivity index (χ0v) is 16.8. The van der Waals surface area contributed by atoms with Crippen molar-refractivity contribution in [1.82, 2.24) is 4.90 Å². The Hall–Kier alpha value is -2.68. The van der Waals surface area contributed by atoms with Gasteiger partial charge >= 0.3 is 5.97 Å². The molecule has 2 aliphatic heterocycles. The van der Waals surface area contributed by atoms with Crippen LogP contribution in [0.2, 0.25) is 0 Å². The second-order valence-corrected chi connectivity index (χ2v) is 7.56. The SMILES string of the molecule is C[C@H]1CCC[C@H](C)N1C(=O)COC(=O)c1cc([N+](=O)[O-])ccc1N1CCOCC1. The van der Waals surface area contributed by atoms with Gasteiger partial charge in [0.05, 0.1) is 29.4 Å². The molecular weight excluding hydrogens is 378 g/mol. The molecule has 0 spiro atoms. The number of benzene rings is 1. The van der Waals surface area contributed by atoms with Gasteiger partial charge in [-0.05, 0) is 39.2 Å². The van der Waals surface area contributed by atoms with Gasteiger partial charge in [0.1, 0.15) is 0 Å². The summed E-state index contributed by atoms with van der Waals surface area (Å²) in [5, 5.41) is 11.2. The van der Waals surface area contributed by atoms with E-state index in [4.69, 9.17) is 9.47 Å². The maximum atomic E-state index is 12.8. The minimum atomic E-state index is -0.735. The lowest BCUT2D eigenvalue weighted by molar-refractivity contribution is -0.384.